The molecule has 8 nitrogen and oxygen atoms in total. The van der Waals surface area contributed by atoms with E-state index in [0.717, 1.165) is 38.8 Å². The second-order valence-electron chi connectivity index (χ2n) is 7.33. The van der Waals surface area contributed by atoms with Gasteiger partial charge in [0.25, 0.3) is 5.89 Å². The summed E-state index contributed by atoms with van der Waals surface area (Å²) in [5, 5.41) is 15.0. The second kappa shape index (κ2) is 8.84. The van der Waals surface area contributed by atoms with Crippen molar-refractivity contribution in [1.29, 1.82) is 0 Å². The first kappa shape index (κ1) is 19.8. The summed E-state index contributed by atoms with van der Waals surface area (Å²) in [4.78, 5) is 16.9. The summed E-state index contributed by atoms with van der Waals surface area (Å²) < 4.78 is 7.50. The lowest BCUT2D eigenvalue weighted by Gasteiger charge is -2.34. The highest BCUT2D eigenvalue weighted by molar-refractivity contribution is 5.85. The van der Waals surface area contributed by atoms with E-state index in [2.05, 4.69) is 25.9 Å². The summed E-state index contributed by atoms with van der Waals surface area (Å²) in [5.41, 5.74) is -0.431. The summed E-state index contributed by atoms with van der Waals surface area (Å²) in [6.07, 6.45) is 11.3. The van der Waals surface area contributed by atoms with E-state index in [-0.39, 0.29) is 24.7 Å². The highest BCUT2D eigenvalue weighted by Crippen LogP contribution is 2.33. The van der Waals surface area contributed by atoms with Crippen molar-refractivity contribution in [3.05, 3.63) is 30.2 Å². The molecule has 3 heterocycles. The molecule has 0 bridgehead atoms. The lowest BCUT2D eigenvalue weighted by atomic mass is 9.88. The number of piperidine rings is 1. The Balaban J connectivity index is 0.00000210. The van der Waals surface area contributed by atoms with Crippen LogP contribution in [0.25, 0.3) is 0 Å². The molecule has 1 amide bonds. The third-order valence-corrected chi connectivity index (χ3v) is 5.53. The second-order valence-corrected chi connectivity index (χ2v) is 7.33. The molecule has 0 atom stereocenters. The largest absolute Gasteiger partial charge is 0.353 e. The van der Waals surface area contributed by atoms with E-state index in [1.165, 1.54) is 19.3 Å². The first-order valence-corrected chi connectivity index (χ1v) is 9.59. The first-order chi connectivity index (χ1) is 12.8. The van der Waals surface area contributed by atoms with Crippen molar-refractivity contribution >= 4 is 18.3 Å². The lowest BCUT2D eigenvalue weighted by molar-refractivity contribution is -0.121. The van der Waals surface area contributed by atoms with Crippen LogP contribution in [0.4, 0.5) is 0 Å². The number of aromatic nitrogens is 4. The Morgan fingerprint density at radius 3 is 2.78 bits per heavy atom. The minimum absolute atomic E-state index is 0. The molecule has 1 aliphatic carbocycles. The van der Waals surface area contributed by atoms with Gasteiger partial charge >= 0.3 is 0 Å². The van der Waals surface area contributed by atoms with E-state index >= 15 is 0 Å². The van der Waals surface area contributed by atoms with Crippen LogP contribution in [0.1, 0.15) is 56.7 Å². The van der Waals surface area contributed by atoms with Gasteiger partial charge in [0.2, 0.25) is 5.91 Å². The van der Waals surface area contributed by atoms with Gasteiger partial charge in [-0.05, 0) is 44.8 Å². The van der Waals surface area contributed by atoms with Crippen molar-refractivity contribution in [3.8, 4) is 0 Å². The zero-order chi connectivity index (χ0) is 17.8. The van der Waals surface area contributed by atoms with Crippen molar-refractivity contribution in [2.45, 2.75) is 62.9 Å². The van der Waals surface area contributed by atoms with E-state index in [1.807, 2.05) is 16.9 Å². The molecule has 4 rings (SSSR count). The molecular formula is C18H27ClN6O2. The number of nitrogens with one attached hydrogen (secondary N) is 2. The van der Waals surface area contributed by atoms with Crippen molar-refractivity contribution < 1.29 is 9.32 Å². The number of halogens is 1. The average molecular weight is 395 g/mol. The zero-order valence-electron chi connectivity index (χ0n) is 15.4. The van der Waals surface area contributed by atoms with Gasteiger partial charge in [0.1, 0.15) is 5.54 Å². The summed E-state index contributed by atoms with van der Waals surface area (Å²) in [6.45, 7) is 1.72. The molecule has 0 unspecified atom stereocenters. The quantitative estimate of drug-likeness (QED) is 0.802. The standard InChI is InChI=1S/C18H26N6O2.ClH/c25-16(21-14-5-2-1-3-6-14)13-15-22-17(26-23-15)18(7-10-19-11-8-18)24-12-4-9-20-24;/h4,9,12,14,19H,1-3,5-8,10-11,13H2,(H,21,25);1H. The third-order valence-electron chi connectivity index (χ3n) is 5.53. The molecule has 1 saturated carbocycles. The van der Waals surface area contributed by atoms with Crippen LogP contribution in [0.5, 0.6) is 0 Å². The monoisotopic (exact) mass is 394 g/mol. The fourth-order valence-electron chi connectivity index (χ4n) is 4.09. The van der Waals surface area contributed by atoms with Crippen LogP contribution in [0, 0.1) is 0 Å². The summed E-state index contributed by atoms with van der Waals surface area (Å²) >= 11 is 0. The molecule has 27 heavy (non-hydrogen) atoms. The Labute approximate surface area is 164 Å². The molecule has 2 fully saturated rings. The Hall–Kier alpha value is -1.93. The van der Waals surface area contributed by atoms with Crippen molar-refractivity contribution in [2.75, 3.05) is 13.1 Å². The van der Waals surface area contributed by atoms with Gasteiger partial charge in [0, 0.05) is 18.4 Å². The maximum Gasteiger partial charge on any atom is 0.254 e. The fourth-order valence-corrected chi connectivity index (χ4v) is 4.09. The summed E-state index contributed by atoms with van der Waals surface area (Å²) in [6, 6.07) is 2.20. The smallest absolute Gasteiger partial charge is 0.254 e. The molecule has 0 aromatic carbocycles. The molecule has 1 aliphatic heterocycles. The van der Waals surface area contributed by atoms with Crippen LogP contribution in [0.15, 0.2) is 23.0 Å². The van der Waals surface area contributed by atoms with Crippen LogP contribution in [-0.4, -0.2) is 45.0 Å². The maximum absolute atomic E-state index is 12.3. The van der Waals surface area contributed by atoms with Gasteiger partial charge in [-0.15, -0.1) is 12.4 Å². The SMILES string of the molecule is Cl.O=C(Cc1noc(C2(n3cccn3)CCNCC2)n1)NC1CCCCC1. The predicted molar refractivity (Wildman–Crippen MR) is 102 cm³/mol. The summed E-state index contributed by atoms with van der Waals surface area (Å²) in [7, 11) is 0. The molecular weight excluding hydrogens is 368 g/mol. The van der Waals surface area contributed by atoms with Crippen molar-refractivity contribution in [3.63, 3.8) is 0 Å². The molecule has 2 aromatic rings. The van der Waals surface area contributed by atoms with Gasteiger partial charge in [0.05, 0.1) is 6.42 Å². The topological polar surface area (TPSA) is 97.9 Å². The van der Waals surface area contributed by atoms with Crippen LogP contribution in [-0.2, 0) is 16.8 Å². The number of carbonyl (C=O) groups is 1. The summed E-state index contributed by atoms with van der Waals surface area (Å²) in [5.74, 6) is 0.962. The molecule has 2 aromatic heterocycles. The molecule has 148 valence electrons. The average Bonchev–Trinajstić information content (AvgIpc) is 3.35. The van der Waals surface area contributed by atoms with Crippen molar-refractivity contribution in [1.82, 2.24) is 30.6 Å². The number of nitrogens with zero attached hydrogens (tertiary/aromatic N) is 4. The lowest BCUT2D eigenvalue weighted by Crippen LogP contribution is -2.45. The molecule has 2 N–H and O–H groups in total. The van der Waals surface area contributed by atoms with Gasteiger partial charge in [-0.2, -0.15) is 10.1 Å². The Bertz CT molecular complexity index is 720. The number of carbonyl (C=O) groups excluding carboxylic acids is 1. The zero-order valence-corrected chi connectivity index (χ0v) is 16.2. The van der Waals surface area contributed by atoms with Crippen LogP contribution < -0.4 is 10.6 Å². The highest BCUT2D eigenvalue weighted by atomic mass is 35.5. The van der Waals surface area contributed by atoms with Crippen LogP contribution in [0.2, 0.25) is 0 Å². The first-order valence-electron chi connectivity index (χ1n) is 9.59. The fraction of sp³-hybridized carbons (Fsp3) is 0.667. The number of hydrogen-bond acceptors (Lipinski definition) is 6. The third kappa shape index (κ3) is 4.32. The number of rotatable bonds is 5. The van der Waals surface area contributed by atoms with E-state index in [4.69, 9.17) is 4.52 Å². The van der Waals surface area contributed by atoms with Crippen molar-refractivity contribution in [2.24, 2.45) is 0 Å². The van der Waals surface area contributed by atoms with Crippen LogP contribution >= 0.6 is 12.4 Å². The van der Waals surface area contributed by atoms with Gasteiger partial charge in [-0.3, -0.25) is 9.48 Å². The molecule has 0 spiro atoms. The maximum atomic E-state index is 12.3. The molecule has 2 aliphatic rings. The van der Waals surface area contributed by atoms with Gasteiger partial charge < -0.3 is 15.2 Å². The molecule has 0 radical (unpaired) electrons. The van der Waals surface area contributed by atoms with Gasteiger partial charge in [-0.25, -0.2) is 0 Å². The van der Waals surface area contributed by atoms with E-state index in [9.17, 15) is 4.79 Å². The highest BCUT2D eigenvalue weighted by Gasteiger charge is 2.41. The Morgan fingerprint density at radius 2 is 2.07 bits per heavy atom. The Kier molecular flexibility index (Phi) is 6.49. The predicted octanol–water partition coefficient (Wildman–Crippen LogP) is 1.81. The molecule has 1 saturated heterocycles. The minimum Gasteiger partial charge on any atom is -0.353 e. The van der Waals surface area contributed by atoms with E-state index in [1.54, 1.807) is 6.20 Å². The molecule has 9 heteroatoms. The number of amides is 1. The normalized spacial score (nSPS) is 20.0. The van der Waals surface area contributed by atoms with Gasteiger partial charge in [-0.1, -0.05) is 24.4 Å². The number of hydrogen-bond donors (Lipinski definition) is 2. The van der Waals surface area contributed by atoms with E-state index < -0.39 is 5.54 Å². The van der Waals surface area contributed by atoms with Gasteiger partial charge in [0.15, 0.2) is 5.82 Å². The van der Waals surface area contributed by atoms with Crippen LogP contribution in [0.3, 0.4) is 0 Å². The minimum atomic E-state index is -0.431. The Morgan fingerprint density at radius 1 is 1.30 bits per heavy atom. The van der Waals surface area contributed by atoms with E-state index in [0.29, 0.717) is 17.8 Å².